The summed E-state index contributed by atoms with van der Waals surface area (Å²) in [5.74, 6) is 0.134. The predicted molar refractivity (Wildman–Crippen MR) is 49.1 cm³/mol. The van der Waals surface area contributed by atoms with E-state index in [1.54, 1.807) is 6.92 Å². The van der Waals surface area contributed by atoms with Crippen LogP contribution in [0.3, 0.4) is 0 Å². The van der Waals surface area contributed by atoms with Crippen molar-refractivity contribution in [2.45, 2.75) is 6.92 Å². The normalized spacial score (nSPS) is 7.27. The fourth-order valence-electron chi connectivity index (χ4n) is 0.656. The van der Waals surface area contributed by atoms with Crippen molar-refractivity contribution in [2.24, 2.45) is 0 Å². The van der Waals surface area contributed by atoms with Gasteiger partial charge in [-0.1, -0.05) is 5.56 Å². The molecular formula is C10H7O4Re-. The summed E-state index contributed by atoms with van der Waals surface area (Å²) in [6, 6.07) is 7.33. The Kier molecular flexibility index (Phi) is 6.97. The third-order valence-electron chi connectivity index (χ3n) is 1.30. The third-order valence-corrected chi connectivity index (χ3v) is 2.96. The molecule has 0 heterocycles. The van der Waals surface area contributed by atoms with Crippen LogP contribution in [0.1, 0.15) is 17.3 Å². The maximum absolute atomic E-state index is 10.5. The first-order valence-corrected chi connectivity index (χ1v) is 7.78. The summed E-state index contributed by atoms with van der Waals surface area (Å²) in [5, 5.41) is 0. The predicted octanol–water partition coefficient (Wildman–Crippen LogP) is 0.414. The monoisotopic (exact) mass is 378 g/mol. The molecule has 0 unspecified atom stereocenters. The van der Waals surface area contributed by atoms with Crippen molar-refractivity contribution in [3.05, 3.63) is 29.8 Å². The summed E-state index contributed by atoms with van der Waals surface area (Å²) < 4.78 is 3.87. The van der Waals surface area contributed by atoms with Gasteiger partial charge < -0.3 is 4.79 Å². The molecule has 0 radical (unpaired) electrons. The van der Waals surface area contributed by atoms with Gasteiger partial charge in [-0.15, -0.1) is 0 Å². The van der Waals surface area contributed by atoms with E-state index in [9.17, 15) is 19.2 Å². The van der Waals surface area contributed by atoms with Gasteiger partial charge in [0.25, 0.3) is 0 Å². The Bertz CT molecular complexity index is 487. The van der Waals surface area contributed by atoms with Crippen molar-refractivity contribution in [2.75, 3.05) is 0 Å². The Morgan fingerprint density at radius 3 is 1.60 bits per heavy atom. The van der Waals surface area contributed by atoms with Gasteiger partial charge >= 0.3 is 42.8 Å². The van der Waals surface area contributed by atoms with Gasteiger partial charge in [0.1, 0.15) is 5.78 Å². The van der Waals surface area contributed by atoms with E-state index in [2.05, 4.69) is 0 Å². The van der Waals surface area contributed by atoms with Crippen molar-refractivity contribution < 1.29 is 34.6 Å². The van der Waals surface area contributed by atoms with Gasteiger partial charge in [0.15, 0.2) is 0 Å². The number of carbonyl (C=O) groups excluding carboxylic acids is 4. The molecule has 1 aromatic rings. The summed E-state index contributed by atoms with van der Waals surface area (Å²) in [6.07, 6.45) is 0. The van der Waals surface area contributed by atoms with E-state index < -0.39 is 15.4 Å². The van der Waals surface area contributed by atoms with E-state index >= 15 is 0 Å². The molecule has 4 nitrogen and oxygen atoms in total. The molecule has 1 aromatic carbocycles. The number of Topliss-reactive ketones (excluding diaryl/α,β-unsaturated/α-hetero) is 1. The third kappa shape index (κ3) is 5.67. The van der Waals surface area contributed by atoms with Crippen LogP contribution in [0.2, 0.25) is 0 Å². The molecule has 0 N–H and O–H groups in total. The second-order valence-electron chi connectivity index (χ2n) is 2.24. The van der Waals surface area contributed by atoms with Gasteiger partial charge in [0.2, 0.25) is 0 Å². The first-order valence-electron chi connectivity index (χ1n) is 3.71. The molecule has 5 heteroatoms. The number of hydrogen-bond acceptors (Lipinski definition) is 4. The van der Waals surface area contributed by atoms with Crippen LogP contribution < -0.4 is 0 Å². The molecular weight excluding hydrogens is 370 g/mol. The van der Waals surface area contributed by atoms with Gasteiger partial charge in [-0.3, -0.25) is 0 Å². The van der Waals surface area contributed by atoms with Crippen molar-refractivity contribution in [1.82, 2.24) is 0 Å². The molecule has 0 fully saturated rings. The zero-order valence-electron chi connectivity index (χ0n) is 7.82. The fraction of sp³-hybridized carbons (Fsp3) is 0.100. The summed E-state index contributed by atoms with van der Waals surface area (Å²) in [7, 11) is 0. The van der Waals surface area contributed by atoms with Crippen molar-refractivity contribution in [3.8, 4) is 0 Å². The van der Waals surface area contributed by atoms with Crippen LogP contribution in [-0.4, -0.2) is 18.8 Å². The van der Waals surface area contributed by atoms with E-state index in [0.29, 0.717) is 0 Å². The zero-order valence-corrected chi connectivity index (χ0v) is 10.5. The van der Waals surface area contributed by atoms with E-state index in [1.165, 1.54) is 13.1 Å². The summed E-state index contributed by atoms with van der Waals surface area (Å²) in [4.78, 5) is 38.7. The Morgan fingerprint density at radius 1 is 1.07 bits per heavy atom. The minimum absolute atomic E-state index is 0.134. The van der Waals surface area contributed by atoms with Gasteiger partial charge in [0.05, 0.1) is 0 Å². The van der Waals surface area contributed by atoms with Crippen LogP contribution in [0.15, 0.2) is 24.3 Å². The molecule has 0 amide bonds. The Labute approximate surface area is 90.3 Å². The van der Waals surface area contributed by atoms with E-state index in [4.69, 9.17) is 0 Å². The van der Waals surface area contributed by atoms with Gasteiger partial charge in [-0.05, 0) is 6.92 Å². The average molecular weight is 377 g/mol. The number of ketones is 1. The van der Waals surface area contributed by atoms with E-state index in [0.717, 1.165) is 5.56 Å². The Balaban J connectivity index is 0.000000265. The van der Waals surface area contributed by atoms with Crippen molar-refractivity contribution in [3.63, 3.8) is 0 Å². The molecule has 0 bridgehead atoms. The molecule has 0 aliphatic heterocycles. The molecule has 1 rings (SSSR count). The Morgan fingerprint density at radius 2 is 1.47 bits per heavy atom. The molecule has 0 saturated heterocycles. The SMILES string of the molecule is CC(=O)[c-]1cccc1.O=[C]=[Re](=[C]=O)=[C]=O. The number of rotatable bonds is 1. The van der Waals surface area contributed by atoms with Gasteiger partial charge in [0, 0.05) is 0 Å². The summed E-state index contributed by atoms with van der Waals surface area (Å²) in [6.45, 7) is 1.56. The summed E-state index contributed by atoms with van der Waals surface area (Å²) >= 11 is -2.97. The molecule has 0 spiro atoms. The van der Waals surface area contributed by atoms with Crippen LogP contribution in [0.4, 0.5) is 0 Å². The van der Waals surface area contributed by atoms with Crippen molar-refractivity contribution in [1.29, 1.82) is 0 Å². The quantitative estimate of drug-likeness (QED) is 0.525. The fourth-order valence-corrected chi connectivity index (χ4v) is 0.995. The van der Waals surface area contributed by atoms with Gasteiger partial charge in [-0.2, -0.15) is 12.1 Å². The van der Waals surface area contributed by atoms with Crippen LogP contribution >= 0.6 is 0 Å². The molecule has 0 aliphatic carbocycles. The van der Waals surface area contributed by atoms with E-state index in [-0.39, 0.29) is 5.78 Å². The van der Waals surface area contributed by atoms with Crippen LogP contribution in [0.5, 0.6) is 0 Å². The van der Waals surface area contributed by atoms with Crippen LogP contribution in [-0.2, 0) is 29.8 Å². The first kappa shape index (κ1) is 13.4. The standard InChI is InChI=1S/C7H7O.3CO.Re/c1-6(8)7-4-2-3-5-7;3*1-2;/h2-5H,1H3;;;;/q-1;;;;. The maximum atomic E-state index is 10.5. The Hall–Kier alpha value is -1.58. The minimum atomic E-state index is -2.97. The molecule has 0 aromatic heterocycles. The number of hydrogen-bond donors (Lipinski definition) is 0. The second kappa shape index (κ2) is 7.79. The van der Waals surface area contributed by atoms with Crippen molar-refractivity contribution >= 4 is 18.8 Å². The molecule has 0 saturated carbocycles. The van der Waals surface area contributed by atoms with E-state index in [1.807, 2.05) is 24.3 Å². The zero-order chi connectivity index (χ0) is 11.7. The van der Waals surface area contributed by atoms with Crippen LogP contribution in [0, 0.1) is 0 Å². The topological polar surface area (TPSA) is 68.3 Å². The molecule has 79 valence electrons. The molecule has 0 atom stereocenters. The molecule has 0 aliphatic rings. The first-order chi connectivity index (χ1) is 7.15. The average Bonchev–Trinajstić information content (AvgIpc) is 2.74. The van der Waals surface area contributed by atoms with Gasteiger partial charge in [-0.25, -0.2) is 12.1 Å². The second-order valence-corrected chi connectivity index (χ2v) is 5.94. The van der Waals surface area contributed by atoms with Crippen LogP contribution in [0.25, 0.3) is 0 Å². The summed E-state index contributed by atoms with van der Waals surface area (Å²) in [5.41, 5.74) is 0.796. The molecule has 15 heavy (non-hydrogen) atoms. The number of carbonyl (C=O) groups is 1.